The van der Waals surface area contributed by atoms with Gasteiger partial charge in [0.25, 0.3) is 10.0 Å². The summed E-state index contributed by atoms with van der Waals surface area (Å²) in [7, 11) is -3.48. The van der Waals surface area contributed by atoms with Gasteiger partial charge in [-0.05, 0) is 62.8 Å². The van der Waals surface area contributed by atoms with Crippen molar-refractivity contribution in [2.75, 3.05) is 13.1 Å². The number of amidine groups is 1. The minimum atomic E-state index is -3.48. The maximum absolute atomic E-state index is 12.1. The first-order chi connectivity index (χ1) is 14.9. The molecule has 31 heavy (non-hydrogen) atoms. The molecule has 0 bridgehead atoms. The first-order valence-electron chi connectivity index (χ1n) is 10.9. The van der Waals surface area contributed by atoms with Crippen molar-refractivity contribution in [3.05, 3.63) is 64.7 Å². The number of fused-ring (bicyclic) bond motifs is 1. The van der Waals surface area contributed by atoms with Crippen molar-refractivity contribution in [1.29, 1.82) is 0 Å². The van der Waals surface area contributed by atoms with Crippen molar-refractivity contribution in [2.24, 2.45) is 4.99 Å². The molecule has 2 N–H and O–H groups in total. The van der Waals surface area contributed by atoms with E-state index in [0.29, 0.717) is 30.9 Å². The van der Waals surface area contributed by atoms with Gasteiger partial charge in [0.1, 0.15) is 5.84 Å². The van der Waals surface area contributed by atoms with Crippen LogP contribution in [-0.2, 0) is 21.2 Å². The molecule has 7 heteroatoms. The number of benzene rings is 2. The first-order valence-corrected chi connectivity index (χ1v) is 12.3. The lowest BCUT2D eigenvalue weighted by Gasteiger charge is -2.08. The second-order valence-corrected chi connectivity index (χ2v) is 9.68. The van der Waals surface area contributed by atoms with E-state index < -0.39 is 10.0 Å². The SMILES string of the molecule is Cc1ccc(CCCNC(=O)CCCCCN=C2NS(=O)(=O)c3ccccc32)c(C)c1. The van der Waals surface area contributed by atoms with Crippen molar-refractivity contribution >= 4 is 21.8 Å². The summed E-state index contributed by atoms with van der Waals surface area (Å²) in [6.45, 7) is 5.45. The molecule has 0 atom stereocenters. The Bertz CT molecular complexity index is 1060. The molecule has 0 spiro atoms. The van der Waals surface area contributed by atoms with Gasteiger partial charge in [0.2, 0.25) is 5.91 Å². The third-order valence-corrected chi connectivity index (χ3v) is 6.83. The van der Waals surface area contributed by atoms with E-state index in [-0.39, 0.29) is 10.8 Å². The summed E-state index contributed by atoms with van der Waals surface area (Å²) in [6.07, 6.45) is 4.91. The molecular formula is C24H31N3O3S. The third-order valence-electron chi connectivity index (χ3n) is 5.44. The van der Waals surface area contributed by atoms with Gasteiger partial charge in [-0.25, -0.2) is 8.42 Å². The fourth-order valence-electron chi connectivity index (χ4n) is 3.74. The van der Waals surface area contributed by atoms with E-state index in [2.05, 4.69) is 47.1 Å². The van der Waals surface area contributed by atoms with E-state index in [1.165, 1.54) is 16.7 Å². The van der Waals surface area contributed by atoms with Crippen LogP contribution in [-0.4, -0.2) is 33.3 Å². The van der Waals surface area contributed by atoms with E-state index in [1.54, 1.807) is 24.3 Å². The van der Waals surface area contributed by atoms with Gasteiger partial charge >= 0.3 is 0 Å². The van der Waals surface area contributed by atoms with E-state index >= 15 is 0 Å². The van der Waals surface area contributed by atoms with Gasteiger partial charge < -0.3 is 5.32 Å². The first kappa shape index (κ1) is 23.0. The minimum absolute atomic E-state index is 0.0874. The number of nitrogens with one attached hydrogen (secondary N) is 2. The van der Waals surface area contributed by atoms with Crippen LogP contribution >= 0.6 is 0 Å². The number of sulfonamides is 1. The quantitative estimate of drug-likeness (QED) is 0.552. The van der Waals surface area contributed by atoms with Crippen molar-refractivity contribution in [1.82, 2.24) is 10.0 Å². The van der Waals surface area contributed by atoms with Crippen LogP contribution in [0.25, 0.3) is 0 Å². The molecule has 1 amide bonds. The summed E-state index contributed by atoms with van der Waals surface area (Å²) in [5.41, 5.74) is 4.55. The smallest absolute Gasteiger partial charge is 0.263 e. The van der Waals surface area contributed by atoms with Crippen LogP contribution in [0.15, 0.2) is 52.4 Å². The molecule has 0 radical (unpaired) electrons. The Morgan fingerprint density at radius 1 is 1.03 bits per heavy atom. The number of aliphatic imine (C=N–C) groups is 1. The molecule has 1 aliphatic heterocycles. The van der Waals surface area contributed by atoms with Crippen LogP contribution in [0.1, 0.15) is 54.4 Å². The molecule has 0 aliphatic carbocycles. The summed E-state index contributed by atoms with van der Waals surface area (Å²) < 4.78 is 26.6. The number of amides is 1. The molecule has 0 saturated carbocycles. The highest BCUT2D eigenvalue weighted by molar-refractivity contribution is 7.90. The Hall–Kier alpha value is -2.67. The summed E-state index contributed by atoms with van der Waals surface area (Å²) >= 11 is 0. The molecule has 1 heterocycles. The van der Waals surface area contributed by atoms with Crippen LogP contribution in [0.5, 0.6) is 0 Å². The number of aryl methyl sites for hydroxylation is 3. The highest BCUT2D eigenvalue weighted by atomic mass is 32.2. The average molecular weight is 442 g/mol. The predicted molar refractivity (Wildman–Crippen MR) is 124 cm³/mol. The van der Waals surface area contributed by atoms with Crippen molar-refractivity contribution < 1.29 is 13.2 Å². The van der Waals surface area contributed by atoms with Gasteiger partial charge in [0, 0.05) is 25.1 Å². The van der Waals surface area contributed by atoms with Crippen LogP contribution in [0, 0.1) is 13.8 Å². The maximum atomic E-state index is 12.1. The molecule has 6 nitrogen and oxygen atoms in total. The number of nitrogens with zero attached hydrogens (tertiary/aromatic N) is 1. The van der Waals surface area contributed by atoms with Gasteiger partial charge in [-0.2, -0.15) is 0 Å². The highest BCUT2D eigenvalue weighted by Crippen LogP contribution is 2.22. The van der Waals surface area contributed by atoms with E-state index in [1.807, 2.05) is 0 Å². The van der Waals surface area contributed by atoms with Gasteiger partial charge in [-0.15, -0.1) is 0 Å². The Labute approximate surface area is 185 Å². The molecule has 166 valence electrons. The zero-order chi connectivity index (χ0) is 22.3. The average Bonchev–Trinajstić information content (AvgIpc) is 2.99. The van der Waals surface area contributed by atoms with Gasteiger partial charge in [-0.1, -0.05) is 42.3 Å². The summed E-state index contributed by atoms with van der Waals surface area (Å²) in [4.78, 5) is 16.7. The molecule has 0 fully saturated rings. The molecule has 0 unspecified atom stereocenters. The monoisotopic (exact) mass is 441 g/mol. The highest BCUT2D eigenvalue weighted by Gasteiger charge is 2.29. The minimum Gasteiger partial charge on any atom is -0.356 e. The second-order valence-electron chi connectivity index (χ2n) is 8.03. The molecule has 0 saturated heterocycles. The predicted octanol–water partition coefficient (Wildman–Crippen LogP) is 3.65. The van der Waals surface area contributed by atoms with E-state index in [4.69, 9.17) is 0 Å². The number of rotatable bonds is 10. The molecule has 2 aromatic rings. The standard InChI is InChI=1S/C24H31N3O3S/c1-18-13-14-20(19(2)17-18)9-8-16-25-23(28)12-4-3-7-15-26-24-21-10-5-6-11-22(21)31(29,30)27-24/h5-6,10-11,13-14,17H,3-4,7-9,12,15-16H2,1-2H3,(H,25,28)(H,26,27). The Kier molecular flexibility index (Phi) is 7.85. The zero-order valence-electron chi connectivity index (χ0n) is 18.3. The van der Waals surface area contributed by atoms with Crippen LogP contribution in [0.4, 0.5) is 0 Å². The number of unbranched alkanes of at least 4 members (excludes halogenated alkanes) is 2. The van der Waals surface area contributed by atoms with Crippen molar-refractivity contribution in [3.63, 3.8) is 0 Å². The fourth-order valence-corrected chi connectivity index (χ4v) is 4.99. The van der Waals surface area contributed by atoms with Crippen LogP contribution < -0.4 is 10.0 Å². The Morgan fingerprint density at radius 3 is 2.65 bits per heavy atom. The Morgan fingerprint density at radius 2 is 1.84 bits per heavy atom. The summed E-state index contributed by atoms with van der Waals surface area (Å²) in [6, 6.07) is 13.3. The summed E-state index contributed by atoms with van der Waals surface area (Å²) in [5.74, 6) is 0.501. The maximum Gasteiger partial charge on any atom is 0.263 e. The zero-order valence-corrected chi connectivity index (χ0v) is 19.1. The third kappa shape index (κ3) is 6.40. The number of hydrogen-bond acceptors (Lipinski definition) is 4. The normalized spacial score (nSPS) is 15.5. The molecule has 2 aromatic carbocycles. The largest absolute Gasteiger partial charge is 0.356 e. The van der Waals surface area contributed by atoms with Crippen LogP contribution in [0.2, 0.25) is 0 Å². The molecule has 0 aromatic heterocycles. The van der Waals surface area contributed by atoms with E-state index in [0.717, 1.165) is 32.1 Å². The van der Waals surface area contributed by atoms with Gasteiger partial charge in [-0.3, -0.25) is 14.5 Å². The lowest BCUT2D eigenvalue weighted by molar-refractivity contribution is -0.121. The lowest BCUT2D eigenvalue weighted by atomic mass is 10.0. The summed E-state index contributed by atoms with van der Waals surface area (Å²) in [5, 5.41) is 3.00. The van der Waals surface area contributed by atoms with Gasteiger partial charge in [0.15, 0.2) is 0 Å². The van der Waals surface area contributed by atoms with Crippen molar-refractivity contribution in [3.8, 4) is 0 Å². The topological polar surface area (TPSA) is 87.6 Å². The van der Waals surface area contributed by atoms with E-state index in [9.17, 15) is 13.2 Å². The number of carbonyl (C=O) groups excluding carboxylic acids is 1. The number of hydrogen-bond donors (Lipinski definition) is 2. The molecular weight excluding hydrogens is 410 g/mol. The molecule has 1 aliphatic rings. The Balaban J connectivity index is 1.29. The fraction of sp³-hybridized carbons (Fsp3) is 0.417. The van der Waals surface area contributed by atoms with Crippen LogP contribution in [0.3, 0.4) is 0 Å². The lowest BCUT2D eigenvalue weighted by Crippen LogP contribution is -2.24. The van der Waals surface area contributed by atoms with Gasteiger partial charge in [0.05, 0.1) is 4.90 Å². The molecule has 3 rings (SSSR count). The van der Waals surface area contributed by atoms with Crippen molar-refractivity contribution in [2.45, 2.75) is 57.3 Å². The second kappa shape index (κ2) is 10.6. The number of carbonyl (C=O) groups is 1.